The van der Waals surface area contributed by atoms with Crippen LogP contribution in [0.4, 0.5) is 0 Å². The highest BCUT2D eigenvalue weighted by molar-refractivity contribution is 8.01. The van der Waals surface area contributed by atoms with Gasteiger partial charge in [-0.15, -0.1) is 22.0 Å². The highest BCUT2D eigenvalue weighted by Crippen LogP contribution is 2.40. The molecule has 2 atom stereocenters. The second-order valence-electron chi connectivity index (χ2n) is 4.82. The second kappa shape index (κ2) is 5.86. The van der Waals surface area contributed by atoms with E-state index in [1.807, 2.05) is 0 Å². The van der Waals surface area contributed by atoms with Gasteiger partial charge in [-0.05, 0) is 5.57 Å². The number of hydrogen-bond acceptors (Lipinski definition) is 8. The number of carbonyl (C=O) groups excluding carboxylic acids is 2. The van der Waals surface area contributed by atoms with Gasteiger partial charge in [-0.3, -0.25) is 14.5 Å². The van der Waals surface area contributed by atoms with Gasteiger partial charge in [0.25, 0.3) is 5.91 Å². The highest BCUT2D eigenvalue weighted by Gasteiger charge is 2.51. The number of rotatable bonds is 5. The monoisotopic (exact) mass is 356 g/mol. The number of primary amides is 1. The lowest BCUT2D eigenvalue weighted by molar-refractivity contribution is -0.147. The Balaban J connectivity index is 1.83. The topological polar surface area (TPSA) is 168 Å². The van der Waals surface area contributed by atoms with Crippen molar-refractivity contribution in [2.75, 3.05) is 11.5 Å². The van der Waals surface area contributed by atoms with Crippen LogP contribution in [0.2, 0.25) is 0 Å². The number of carboxylic acids is 1. The third kappa shape index (κ3) is 2.58. The fourth-order valence-corrected chi connectivity index (χ4v) is 4.69. The molecule has 10 nitrogen and oxygen atoms in total. The van der Waals surface area contributed by atoms with Gasteiger partial charge < -0.3 is 16.6 Å². The molecule has 2 amide bonds. The summed E-state index contributed by atoms with van der Waals surface area (Å²) in [6, 6.07) is -0.666. The number of carboxylic acid groups (broad SMARTS) is 1. The van der Waals surface area contributed by atoms with Crippen LogP contribution in [-0.4, -0.2) is 66.1 Å². The summed E-state index contributed by atoms with van der Waals surface area (Å²) in [7, 11) is 0. The predicted molar refractivity (Wildman–Crippen MR) is 81.4 cm³/mol. The fraction of sp³-hybridized carbons (Fsp3) is 0.364. The normalized spacial score (nSPS) is 23.5. The van der Waals surface area contributed by atoms with Crippen LogP contribution < -0.4 is 11.5 Å². The summed E-state index contributed by atoms with van der Waals surface area (Å²) in [4.78, 5) is 35.8. The van der Waals surface area contributed by atoms with Crippen molar-refractivity contribution in [1.29, 1.82) is 0 Å². The van der Waals surface area contributed by atoms with Gasteiger partial charge in [-0.2, -0.15) is 5.21 Å². The molecule has 0 radical (unpaired) electrons. The van der Waals surface area contributed by atoms with Crippen molar-refractivity contribution in [3.05, 3.63) is 17.0 Å². The van der Waals surface area contributed by atoms with Crippen LogP contribution in [0.25, 0.3) is 0 Å². The largest absolute Gasteiger partial charge is 0.477 e. The number of aromatic nitrogens is 3. The molecule has 3 rings (SSSR count). The van der Waals surface area contributed by atoms with Crippen LogP contribution in [0.15, 0.2) is 16.3 Å². The summed E-state index contributed by atoms with van der Waals surface area (Å²) in [5, 5.41) is 19.1. The van der Waals surface area contributed by atoms with Gasteiger partial charge in [0.15, 0.2) is 10.7 Å². The number of fused-ring (bicyclic) bond motifs is 1. The number of aromatic amines is 1. The average Bonchev–Trinajstić information content (AvgIpc) is 2.99. The van der Waals surface area contributed by atoms with Gasteiger partial charge >= 0.3 is 5.97 Å². The van der Waals surface area contributed by atoms with Crippen molar-refractivity contribution in [2.45, 2.75) is 16.4 Å². The third-order valence-corrected chi connectivity index (χ3v) is 5.83. The Hall–Kier alpha value is -2.05. The molecule has 1 aromatic heterocycles. The first kappa shape index (κ1) is 15.8. The Kier molecular flexibility index (Phi) is 4.04. The number of amides is 2. The van der Waals surface area contributed by atoms with E-state index in [1.165, 1.54) is 16.7 Å². The molecule has 0 aliphatic carbocycles. The first-order valence-electron chi connectivity index (χ1n) is 6.40. The van der Waals surface area contributed by atoms with Crippen molar-refractivity contribution >= 4 is 41.3 Å². The summed E-state index contributed by atoms with van der Waals surface area (Å²) in [5.41, 5.74) is 11.4. The Labute approximate surface area is 138 Å². The molecule has 2 aliphatic heterocycles. The fourth-order valence-electron chi connectivity index (χ4n) is 2.33. The molecule has 2 aliphatic rings. The van der Waals surface area contributed by atoms with Gasteiger partial charge in [-0.25, -0.2) is 4.79 Å². The molecular weight excluding hydrogens is 344 g/mol. The zero-order chi connectivity index (χ0) is 16.7. The molecule has 3 heterocycles. The zero-order valence-corrected chi connectivity index (χ0v) is 13.2. The number of aliphatic carboxylic acids is 1. The molecule has 23 heavy (non-hydrogen) atoms. The van der Waals surface area contributed by atoms with E-state index < -0.39 is 23.8 Å². The predicted octanol–water partition coefficient (Wildman–Crippen LogP) is -1.42. The molecule has 12 heteroatoms. The lowest BCUT2D eigenvalue weighted by Crippen LogP contribution is -2.68. The SMILES string of the molecule is NC(=O)c1n[nH]nc1SCC1=C(C(=O)O)N2C(=O)C(N)[C@@H]2SC1. The first-order chi connectivity index (χ1) is 10.9. The maximum Gasteiger partial charge on any atom is 0.352 e. The smallest absolute Gasteiger partial charge is 0.352 e. The van der Waals surface area contributed by atoms with Gasteiger partial charge in [-0.1, -0.05) is 11.8 Å². The summed E-state index contributed by atoms with van der Waals surface area (Å²) in [5.74, 6) is -1.63. The molecule has 122 valence electrons. The maximum absolute atomic E-state index is 11.8. The minimum atomic E-state index is -1.18. The number of nitrogens with one attached hydrogen (secondary N) is 1. The van der Waals surface area contributed by atoms with Crippen molar-refractivity contribution < 1.29 is 19.5 Å². The van der Waals surface area contributed by atoms with Gasteiger partial charge in [0, 0.05) is 11.5 Å². The van der Waals surface area contributed by atoms with Crippen LogP contribution in [0.1, 0.15) is 10.5 Å². The van der Waals surface area contributed by atoms with Gasteiger partial charge in [0.1, 0.15) is 17.1 Å². The Morgan fingerprint density at radius 1 is 1.48 bits per heavy atom. The number of carbonyl (C=O) groups is 3. The molecule has 0 bridgehead atoms. The minimum Gasteiger partial charge on any atom is -0.477 e. The highest BCUT2D eigenvalue weighted by atomic mass is 32.2. The number of thioether (sulfide) groups is 2. The van der Waals surface area contributed by atoms with E-state index in [0.717, 1.165) is 11.8 Å². The summed E-state index contributed by atoms with van der Waals surface area (Å²) < 4.78 is 0. The quantitative estimate of drug-likeness (QED) is 0.365. The number of H-pyrrole nitrogens is 1. The second-order valence-corrected chi connectivity index (χ2v) is 6.89. The van der Waals surface area contributed by atoms with Gasteiger partial charge in [0.2, 0.25) is 5.91 Å². The summed E-state index contributed by atoms with van der Waals surface area (Å²) >= 11 is 2.54. The molecule has 1 aromatic rings. The van der Waals surface area contributed by atoms with Gasteiger partial charge in [0.05, 0.1) is 0 Å². The Bertz CT molecular complexity index is 732. The van der Waals surface area contributed by atoms with E-state index in [0.29, 0.717) is 11.3 Å². The van der Waals surface area contributed by atoms with Crippen molar-refractivity contribution in [3.8, 4) is 0 Å². The summed E-state index contributed by atoms with van der Waals surface area (Å²) in [6.07, 6.45) is 0. The number of nitrogens with zero attached hydrogens (tertiary/aromatic N) is 3. The van der Waals surface area contributed by atoms with E-state index in [-0.39, 0.29) is 27.5 Å². The van der Waals surface area contributed by atoms with Crippen molar-refractivity contribution in [1.82, 2.24) is 20.3 Å². The molecule has 0 spiro atoms. The standard InChI is InChI=1S/C11H12N6O4S2/c12-4-9(19)17-6(11(20)21)3(2-23-10(4)17)1-22-8-5(7(13)18)14-16-15-8/h4,10H,1-2,12H2,(H2,13,18)(H,20,21)(H,14,15,16)/t4?,10-/m0/s1. The van der Waals surface area contributed by atoms with E-state index >= 15 is 0 Å². The zero-order valence-electron chi connectivity index (χ0n) is 11.6. The van der Waals surface area contributed by atoms with Crippen LogP contribution in [0, 0.1) is 0 Å². The van der Waals surface area contributed by atoms with Crippen LogP contribution in [0.3, 0.4) is 0 Å². The molecule has 1 saturated heterocycles. The summed E-state index contributed by atoms with van der Waals surface area (Å²) in [6.45, 7) is 0. The van der Waals surface area contributed by atoms with E-state index in [4.69, 9.17) is 11.5 Å². The average molecular weight is 356 g/mol. The molecule has 1 fully saturated rings. The lowest BCUT2D eigenvalue weighted by atomic mass is 10.0. The van der Waals surface area contributed by atoms with E-state index in [9.17, 15) is 19.5 Å². The van der Waals surface area contributed by atoms with Crippen LogP contribution in [-0.2, 0) is 9.59 Å². The minimum absolute atomic E-state index is 0.00383. The maximum atomic E-state index is 11.8. The Morgan fingerprint density at radius 3 is 2.87 bits per heavy atom. The van der Waals surface area contributed by atoms with Crippen molar-refractivity contribution in [3.63, 3.8) is 0 Å². The molecule has 0 saturated carbocycles. The molecule has 1 unspecified atom stereocenters. The number of nitrogens with two attached hydrogens (primary N) is 2. The van der Waals surface area contributed by atoms with Crippen molar-refractivity contribution in [2.24, 2.45) is 11.5 Å². The first-order valence-corrected chi connectivity index (χ1v) is 8.44. The lowest BCUT2D eigenvalue weighted by Gasteiger charge is -2.48. The van der Waals surface area contributed by atoms with E-state index in [1.54, 1.807) is 0 Å². The molecule has 6 N–H and O–H groups in total. The Morgan fingerprint density at radius 2 is 2.22 bits per heavy atom. The molecule has 0 aromatic carbocycles. The van der Waals surface area contributed by atoms with Crippen LogP contribution >= 0.6 is 23.5 Å². The third-order valence-electron chi connectivity index (χ3n) is 3.42. The number of β-lactam (4-membered cyclic amide) rings is 1. The van der Waals surface area contributed by atoms with E-state index in [2.05, 4.69) is 15.4 Å². The number of hydrogen-bond donors (Lipinski definition) is 4. The molecular formula is C11H12N6O4S2. The van der Waals surface area contributed by atoms with Crippen LogP contribution in [0.5, 0.6) is 0 Å².